The van der Waals surface area contributed by atoms with Gasteiger partial charge in [0.1, 0.15) is 0 Å². The van der Waals surface area contributed by atoms with Crippen molar-refractivity contribution in [2.45, 2.75) is 32.4 Å². The number of nitrogens with zero attached hydrogens (tertiary/aromatic N) is 1. The van der Waals surface area contributed by atoms with E-state index >= 15 is 0 Å². The normalized spacial score (nSPS) is 14.0. The Kier molecular flexibility index (Phi) is 3.97. The van der Waals surface area contributed by atoms with Crippen LogP contribution in [0, 0.1) is 6.92 Å². The highest BCUT2D eigenvalue weighted by Gasteiger charge is 2.33. The van der Waals surface area contributed by atoms with Crippen LogP contribution in [0.4, 0.5) is 5.69 Å². The molecular formula is C17H20N2OS. The molecule has 4 heteroatoms. The van der Waals surface area contributed by atoms with Crippen LogP contribution in [0.5, 0.6) is 0 Å². The number of anilines is 1. The van der Waals surface area contributed by atoms with Crippen molar-refractivity contribution in [2.75, 3.05) is 12.4 Å². The van der Waals surface area contributed by atoms with Gasteiger partial charge in [-0.05, 0) is 55.0 Å². The summed E-state index contributed by atoms with van der Waals surface area (Å²) in [6.45, 7) is 2.73. The summed E-state index contributed by atoms with van der Waals surface area (Å²) in [6, 6.07) is 10.5. The molecule has 0 unspecified atom stereocenters. The third kappa shape index (κ3) is 3.10. The molecule has 110 valence electrons. The molecule has 1 heterocycles. The van der Waals surface area contributed by atoms with Gasteiger partial charge in [0.2, 0.25) is 0 Å². The van der Waals surface area contributed by atoms with E-state index in [0.717, 1.165) is 36.2 Å². The molecule has 1 saturated carbocycles. The number of aryl methyl sites for hydroxylation is 1. The number of thiophene rings is 1. The molecule has 1 fully saturated rings. The van der Waals surface area contributed by atoms with Crippen LogP contribution >= 0.6 is 11.3 Å². The fraction of sp³-hybridized carbons (Fsp3) is 0.353. The zero-order valence-electron chi connectivity index (χ0n) is 12.4. The molecule has 3 nitrogen and oxygen atoms in total. The number of benzene rings is 1. The monoisotopic (exact) mass is 300 g/mol. The molecule has 1 amide bonds. The average Bonchev–Trinajstić information content (AvgIpc) is 3.20. The average molecular weight is 300 g/mol. The van der Waals surface area contributed by atoms with Crippen molar-refractivity contribution < 1.29 is 4.79 Å². The van der Waals surface area contributed by atoms with E-state index in [1.165, 1.54) is 4.88 Å². The van der Waals surface area contributed by atoms with E-state index in [1.54, 1.807) is 11.3 Å². The van der Waals surface area contributed by atoms with Crippen molar-refractivity contribution in [3.63, 3.8) is 0 Å². The fourth-order valence-corrected chi connectivity index (χ4v) is 3.24. The predicted octanol–water partition coefficient (Wildman–Crippen LogP) is 3.90. The topological polar surface area (TPSA) is 32.3 Å². The van der Waals surface area contributed by atoms with Gasteiger partial charge >= 0.3 is 0 Å². The van der Waals surface area contributed by atoms with E-state index in [0.29, 0.717) is 6.04 Å². The second-order valence-corrected chi connectivity index (χ2v) is 6.56. The zero-order valence-corrected chi connectivity index (χ0v) is 13.2. The van der Waals surface area contributed by atoms with Gasteiger partial charge in [-0.25, -0.2) is 0 Å². The first-order chi connectivity index (χ1) is 10.2. The Morgan fingerprint density at radius 3 is 2.76 bits per heavy atom. The summed E-state index contributed by atoms with van der Waals surface area (Å²) in [4.78, 5) is 16.2. The van der Waals surface area contributed by atoms with Gasteiger partial charge in [-0.3, -0.25) is 4.79 Å². The zero-order chi connectivity index (χ0) is 14.8. The van der Waals surface area contributed by atoms with Crippen LogP contribution < -0.4 is 5.32 Å². The Hall–Kier alpha value is -1.81. The summed E-state index contributed by atoms with van der Waals surface area (Å²) in [5.41, 5.74) is 2.89. The van der Waals surface area contributed by atoms with Crippen LogP contribution in [0.3, 0.4) is 0 Å². The van der Waals surface area contributed by atoms with Crippen molar-refractivity contribution >= 4 is 22.9 Å². The lowest BCUT2D eigenvalue weighted by atomic mass is 10.1. The molecule has 1 aliphatic carbocycles. The van der Waals surface area contributed by atoms with Gasteiger partial charge in [0.15, 0.2) is 0 Å². The standard InChI is InChI=1S/C17H20N2OS/c1-12-10-13(18-2)5-8-16(12)17(20)19(14-6-7-14)11-15-4-3-9-21-15/h3-5,8-10,14,18H,6-7,11H2,1-2H3. The van der Waals surface area contributed by atoms with Gasteiger partial charge in [-0.15, -0.1) is 11.3 Å². The van der Waals surface area contributed by atoms with Crippen molar-refractivity contribution in [2.24, 2.45) is 0 Å². The van der Waals surface area contributed by atoms with Crippen LogP contribution in [-0.2, 0) is 6.54 Å². The minimum absolute atomic E-state index is 0.158. The van der Waals surface area contributed by atoms with E-state index in [2.05, 4.69) is 16.8 Å². The molecular weight excluding hydrogens is 280 g/mol. The number of hydrogen-bond acceptors (Lipinski definition) is 3. The van der Waals surface area contributed by atoms with Crippen molar-refractivity contribution in [1.29, 1.82) is 0 Å². The Balaban J connectivity index is 1.84. The van der Waals surface area contributed by atoms with Crippen molar-refractivity contribution in [3.8, 4) is 0 Å². The third-order valence-electron chi connectivity index (χ3n) is 3.90. The molecule has 1 N–H and O–H groups in total. The van der Waals surface area contributed by atoms with Crippen LogP contribution in [0.15, 0.2) is 35.7 Å². The summed E-state index contributed by atoms with van der Waals surface area (Å²) < 4.78 is 0. The summed E-state index contributed by atoms with van der Waals surface area (Å²) in [5.74, 6) is 0.158. The molecule has 1 aromatic carbocycles. The predicted molar refractivity (Wildman–Crippen MR) is 87.9 cm³/mol. The molecule has 0 saturated heterocycles. The molecule has 21 heavy (non-hydrogen) atoms. The van der Waals surface area contributed by atoms with Gasteiger partial charge < -0.3 is 10.2 Å². The highest BCUT2D eigenvalue weighted by atomic mass is 32.1. The SMILES string of the molecule is CNc1ccc(C(=O)N(Cc2cccs2)C2CC2)c(C)c1. The van der Waals surface area contributed by atoms with Gasteiger partial charge in [-0.1, -0.05) is 6.07 Å². The molecule has 0 atom stereocenters. The molecule has 3 rings (SSSR count). The minimum atomic E-state index is 0.158. The Morgan fingerprint density at radius 2 is 2.19 bits per heavy atom. The first-order valence-electron chi connectivity index (χ1n) is 7.31. The largest absolute Gasteiger partial charge is 0.388 e. The van der Waals surface area contributed by atoms with Crippen LogP contribution in [0.2, 0.25) is 0 Å². The first-order valence-corrected chi connectivity index (χ1v) is 8.19. The molecule has 0 aliphatic heterocycles. The lowest BCUT2D eigenvalue weighted by molar-refractivity contribution is 0.0731. The van der Waals surface area contributed by atoms with E-state index in [1.807, 2.05) is 43.1 Å². The molecule has 2 aromatic rings. The lowest BCUT2D eigenvalue weighted by Gasteiger charge is -2.23. The number of carbonyl (C=O) groups is 1. The Bertz CT molecular complexity index is 632. The van der Waals surface area contributed by atoms with Gasteiger partial charge in [-0.2, -0.15) is 0 Å². The van der Waals surface area contributed by atoms with Gasteiger partial charge in [0.05, 0.1) is 6.54 Å². The lowest BCUT2D eigenvalue weighted by Crippen LogP contribution is -2.32. The van der Waals surface area contributed by atoms with Crippen molar-refractivity contribution in [3.05, 3.63) is 51.7 Å². The van der Waals surface area contributed by atoms with Crippen LogP contribution in [0.1, 0.15) is 33.6 Å². The summed E-state index contributed by atoms with van der Waals surface area (Å²) in [7, 11) is 1.89. The van der Waals surface area contributed by atoms with E-state index in [-0.39, 0.29) is 5.91 Å². The maximum absolute atomic E-state index is 12.9. The molecule has 1 aliphatic rings. The highest BCUT2D eigenvalue weighted by Crippen LogP contribution is 2.31. The van der Waals surface area contributed by atoms with E-state index < -0.39 is 0 Å². The first kappa shape index (κ1) is 14.1. The molecule has 0 radical (unpaired) electrons. The smallest absolute Gasteiger partial charge is 0.254 e. The fourth-order valence-electron chi connectivity index (χ4n) is 2.54. The van der Waals surface area contributed by atoms with Crippen molar-refractivity contribution in [1.82, 2.24) is 4.90 Å². The number of nitrogens with one attached hydrogen (secondary N) is 1. The Labute approximate surface area is 129 Å². The third-order valence-corrected chi connectivity index (χ3v) is 4.76. The summed E-state index contributed by atoms with van der Waals surface area (Å²) in [5, 5.41) is 5.18. The highest BCUT2D eigenvalue weighted by molar-refractivity contribution is 7.09. The van der Waals surface area contributed by atoms with Crippen LogP contribution in [0.25, 0.3) is 0 Å². The summed E-state index contributed by atoms with van der Waals surface area (Å²) >= 11 is 1.72. The Morgan fingerprint density at radius 1 is 1.38 bits per heavy atom. The molecule has 0 bridgehead atoms. The number of amides is 1. The second kappa shape index (κ2) is 5.90. The second-order valence-electron chi connectivity index (χ2n) is 5.52. The maximum atomic E-state index is 12.9. The number of carbonyl (C=O) groups excluding carboxylic acids is 1. The minimum Gasteiger partial charge on any atom is -0.388 e. The number of rotatable bonds is 5. The van der Waals surface area contributed by atoms with E-state index in [9.17, 15) is 4.79 Å². The number of hydrogen-bond donors (Lipinski definition) is 1. The maximum Gasteiger partial charge on any atom is 0.254 e. The van der Waals surface area contributed by atoms with E-state index in [4.69, 9.17) is 0 Å². The summed E-state index contributed by atoms with van der Waals surface area (Å²) in [6.07, 6.45) is 2.26. The molecule has 0 spiro atoms. The van der Waals surface area contributed by atoms with Gasteiger partial charge in [0.25, 0.3) is 5.91 Å². The van der Waals surface area contributed by atoms with Gasteiger partial charge in [0, 0.05) is 29.2 Å². The quantitative estimate of drug-likeness (QED) is 0.908. The molecule has 1 aromatic heterocycles. The van der Waals surface area contributed by atoms with Crippen LogP contribution in [-0.4, -0.2) is 23.9 Å².